The van der Waals surface area contributed by atoms with Crippen molar-refractivity contribution in [3.63, 3.8) is 0 Å². The Hall–Kier alpha value is -2.91. The van der Waals surface area contributed by atoms with Crippen molar-refractivity contribution in [1.82, 2.24) is 10.3 Å². The van der Waals surface area contributed by atoms with E-state index in [9.17, 15) is 26.7 Å². The second kappa shape index (κ2) is 8.62. The van der Waals surface area contributed by atoms with Gasteiger partial charge < -0.3 is 15.0 Å². The number of hydrogen-bond acceptors (Lipinski definition) is 4. The van der Waals surface area contributed by atoms with Crippen LogP contribution >= 0.6 is 0 Å². The number of anilines is 1. The molecule has 156 valence electrons. The molecule has 1 aliphatic rings. The number of alkyl halides is 3. The first-order chi connectivity index (χ1) is 13.7. The summed E-state index contributed by atoms with van der Waals surface area (Å²) in [5.41, 5.74) is 0.774. The first-order valence-corrected chi connectivity index (χ1v) is 8.85. The molecule has 3 rings (SSSR count). The summed E-state index contributed by atoms with van der Waals surface area (Å²) in [5, 5.41) is 2.75. The summed E-state index contributed by atoms with van der Waals surface area (Å²) in [6, 6.07) is 6.25. The highest BCUT2D eigenvalue weighted by atomic mass is 19.4. The molecular formula is C19H18F5N3O2. The highest BCUT2D eigenvalue weighted by Gasteiger charge is 2.28. The third-order valence-electron chi connectivity index (χ3n) is 4.49. The van der Waals surface area contributed by atoms with Crippen molar-refractivity contribution in [2.75, 3.05) is 31.1 Å². The topological polar surface area (TPSA) is 54.5 Å². The maximum atomic E-state index is 13.4. The molecule has 2 aromatic rings. The van der Waals surface area contributed by atoms with Crippen LogP contribution in [0, 0.1) is 17.6 Å². The van der Waals surface area contributed by atoms with Crippen LogP contribution in [-0.4, -0.2) is 43.3 Å². The Bertz CT molecular complexity index is 858. The number of aromatic nitrogens is 1. The molecule has 0 spiro atoms. The second-order valence-corrected chi connectivity index (χ2v) is 6.70. The summed E-state index contributed by atoms with van der Waals surface area (Å²) in [4.78, 5) is 17.8. The van der Waals surface area contributed by atoms with Crippen LogP contribution in [0.15, 0.2) is 36.5 Å². The molecular weight excluding hydrogens is 397 g/mol. The molecule has 1 N–H and O–H groups in total. The zero-order valence-corrected chi connectivity index (χ0v) is 15.2. The van der Waals surface area contributed by atoms with Gasteiger partial charge in [-0.25, -0.2) is 13.8 Å². The Balaban J connectivity index is 1.47. The van der Waals surface area contributed by atoms with Gasteiger partial charge in [-0.05, 0) is 30.5 Å². The Morgan fingerprint density at radius 1 is 1.21 bits per heavy atom. The van der Waals surface area contributed by atoms with Crippen molar-refractivity contribution in [2.45, 2.75) is 12.6 Å². The number of amides is 1. The van der Waals surface area contributed by atoms with Crippen LogP contribution in [0.2, 0.25) is 0 Å². The molecule has 5 nitrogen and oxygen atoms in total. The third kappa shape index (κ3) is 5.78. The molecule has 1 unspecified atom stereocenters. The number of halogens is 5. The van der Waals surface area contributed by atoms with E-state index in [0.29, 0.717) is 25.3 Å². The van der Waals surface area contributed by atoms with Gasteiger partial charge in [0, 0.05) is 43.7 Å². The van der Waals surface area contributed by atoms with E-state index in [4.69, 9.17) is 0 Å². The smallest absolute Gasteiger partial charge is 0.422 e. The van der Waals surface area contributed by atoms with Gasteiger partial charge in [0.15, 0.2) is 18.2 Å². The predicted molar refractivity (Wildman–Crippen MR) is 94.8 cm³/mol. The molecule has 1 aromatic carbocycles. The lowest BCUT2D eigenvalue weighted by Crippen LogP contribution is -2.31. The highest BCUT2D eigenvalue weighted by molar-refractivity contribution is 5.93. The van der Waals surface area contributed by atoms with Crippen molar-refractivity contribution in [3.8, 4) is 5.88 Å². The van der Waals surface area contributed by atoms with Gasteiger partial charge in [0.25, 0.3) is 5.91 Å². The Labute approximate surface area is 163 Å². The molecule has 10 heteroatoms. The quantitative estimate of drug-likeness (QED) is 0.734. The van der Waals surface area contributed by atoms with E-state index in [-0.39, 0.29) is 17.4 Å². The summed E-state index contributed by atoms with van der Waals surface area (Å²) in [6.45, 7) is 0.138. The van der Waals surface area contributed by atoms with Crippen LogP contribution in [0.4, 0.5) is 27.6 Å². The van der Waals surface area contributed by atoms with Crippen LogP contribution in [0.25, 0.3) is 0 Å². The van der Waals surface area contributed by atoms with E-state index in [1.54, 1.807) is 0 Å². The zero-order chi connectivity index (χ0) is 21.0. The van der Waals surface area contributed by atoms with Gasteiger partial charge in [-0.2, -0.15) is 13.2 Å². The predicted octanol–water partition coefficient (Wildman–Crippen LogP) is 3.56. The van der Waals surface area contributed by atoms with Gasteiger partial charge in [0.2, 0.25) is 5.88 Å². The van der Waals surface area contributed by atoms with Crippen molar-refractivity contribution in [1.29, 1.82) is 0 Å². The van der Waals surface area contributed by atoms with Crippen LogP contribution in [0.3, 0.4) is 0 Å². The lowest BCUT2D eigenvalue weighted by Gasteiger charge is -2.19. The lowest BCUT2D eigenvalue weighted by atomic mass is 10.1. The normalized spacial score (nSPS) is 16.7. The SMILES string of the molecule is O=C(NCC1CCN(c2ccc(F)c(F)c2)C1)c1ccc(OCC(F)(F)F)nc1. The van der Waals surface area contributed by atoms with E-state index in [0.717, 1.165) is 24.8 Å². The zero-order valence-electron chi connectivity index (χ0n) is 15.2. The van der Waals surface area contributed by atoms with Crippen molar-refractivity contribution in [2.24, 2.45) is 5.92 Å². The first kappa shape index (κ1) is 20.8. The third-order valence-corrected chi connectivity index (χ3v) is 4.49. The molecule has 29 heavy (non-hydrogen) atoms. The Kier molecular flexibility index (Phi) is 6.19. The van der Waals surface area contributed by atoms with E-state index in [2.05, 4.69) is 15.0 Å². The monoisotopic (exact) mass is 415 g/mol. The molecule has 1 fully saturated rings. The minimum atomic E-state index is -4.47. The van der Waals surface area contributed by atoms with E-state index in [1.165, 1.54) is 18.2 Å². The van der Waals surface area contributed by atoms with Gasteiger partial charge in [0.05, 0.1) is 5.56 Å². The summed E-state index contributed by atoms with van der Waals surface area (Å²) in [7, 11) is 0. The molecule has 1 aromatic heterocycles. The number of rotatable bonds is 6. The molecule has 0 saturated carbocycles. The number of hydrogen-bond donors (Lipinski definition) is 1. The second-order valence-electron chi connectivity index (χ2n) is 6.70. The van der Waals surface area contributed by atoms with E-state index < -0.39 is 30.3 Å². The van der Waals surface area contributed by atoms with E-state index in [1.807, 2.05) is 4.90 Å². The number of ether oxygens (including phenoxy) is 1. The fourth-order valence-electron chi connectivity index (χ4n) is 3.01. The van der Waals surface area contributed by atoms with Crippen molar-refractivity contribution >= 4 is 11.6 Å². The van der Waals surface area contributed by atoms with Crippen LogP contribution < -0.4 is 15.0 Å². The average molecular weight is 415 g/mol. The number of benzene rings is 1. The Morgan fingerprint density at radius 3 is 2.66 bits per heavy atom. The van der Waals surface area contributed by atoms with E-state index >= 15 is 0 Å². The van der Waals surface area contributed by atoms with Crippen molar-refractivity contribution < 1.29 is 31.5 Å². The number of nitrogens with one attached hydrogen (secondary N) is 1. The number of pyridine rings is 1. The fourth-order valence-corrected chi connectivity index (χ4v) is 3.01. The summed E-state index contributed by atoms with van der Waals surface area (Å²) >= 11 is 0. The van der Waals surface area contributed by atoms with Crippen LogP contribution in [0.5, 0.6) is 5.88 Å². The molecule has 1 saturated heterocycles. The van der Waals surface area contributed by atoms with Gasteiger partial charge in [-0.15, -0.1) is 0 Å². The highest BCUT2D eigenvalue weighted by Crippen LogP contribution is 2.25. The Morgan fingerprint density at radius 2 is 2.00 bits per heavy atom. The standard InChI is InChI=1S/C19H18F5N3O2/c20-15-3-2-14(7-16(15)21)27-6-5-12(10-27)8-26-18(28)13-1-4-17(25-9-13)29-11-19(22,23)24/h1-4,7,9,12H,5-6,8,10-11H2,(H,26,28). The molecule has 1 aliphatic heterocycles. The molecule has 0 bridgehead atoms. The molecule has 1 amide bonds. The minimum Gasteiger partial charge on any atom is -0.468 e. The molecule has 2 heterocycles. The maximum Gasteiger partial charge on any atom is 0.422 e. The number of nitrogens with zero attached hydrogens (tertiary/aromatic N) is 2. The molecule has 0 aliphatic carbocycles. The van der Waals surface area contributed by atoms with Gasteiger partial charge in [-0.3, -0.25) is 4.79 Å². The minimum absolute atomic E-state index is 0.120. The molecule has 0 radical (unpaired) electrons. The van der Waals surface area contributed by atoms with Crippen molar-refractivity contribution in [3.05, 3.63) is 53.7 Å². The fraction of sp³-hybridized carbons (Fsp3) is 0.368. The summed E-state index contributed by atoms with van der Waals surface area (Å²) in [5.74, 6) is -2.33. The summed E-state index contributed by atoms with van der Waals surface area (Å²) < 4.78 is 67.3. The summed E-state index contributed by atoms with van der Waals surface area (Å²) in [6.07, 6.45) is -2.56. The number of carbonyl (C=O) groups is 1. The van der Waals surface area contributed by atoms with Gasteiger partial charge >= 0.3 is 6.18 Å². The first-order valence-electron chi connectivity index (χ1n) is 8.85. The molecule has 1 atom stereocenters. The maximum absolute atomic E-state index is 13.4. The van der Waals surface area contributed by atoms with Gasteiger partial charge in [0.1, 0.15) is 0 Å². The van der Waals surface area contributed by atoms with Crippen LogP contribution in [0.1, 0.15) is 16.8 Å². The average Bonchev–Trinajstić information content (AvgIpc) is 3.15. The number of carbonyl (C=O) groups excluding carboxylic acids is 1. The van der Waals surface area contributed by atoms with Crippen LogP contribution in [-0.2, 0) is 0 Å². The lowest BCUT2D eigenvalue weighted by molar-refractivity contribution is -0.154. The largest absolute Gasteiger partial charge is 0.468 e. The van der Waals surface area contributed by atoms with Gasteiger partial charge in [-0.1, -0.05) is 0 Å².